The van der Waals surface area contributed by atoms with Crippen molar-refractivity contribution in [2.75, 3.05) is 51.9 Å². The number of fused-ring (bicyclic) bond motifs is 1. The van der Waals surface area contributed by atoms with Crippen LogP contribution < -0.4 is 29.9 Å². The fraction of sp³-hybridized carbons (Fsp3) is 0.364. The summed E-state index contributed by atoms with van der Waals surface area (Å²) in [6.45, 7) is 4.73. The maximum atomic E-state index is 12.4. The number of nitrogens with one attached hydrogen (secondary N) is 4. The minimum atomic E-state index is -0.663. The van der Waals surface area contributed by atoms with Crippen LogP contribution in [0.2, 0.25) is 0 Å². The summed E-state index contributed by atoms with van der Waals surface area (Å²) in [6, 6.07) is 14.9. The van der Waals surface area contributed by atoms with Gasteiger partial charge in [0.25, 0.3) is 0 Å². The molecule has 2 aromatic rings. The Morgan fingerprint density at radius 2 is 1.70 bits per heavy atom. The van der Waals surface area contributed by atoms with E-state index in [1.807, 2.05) is 36.4 Å². The lowest BCUT2D eigenvalue weighted by Crippen LogP contribution is -3.27. The lowest BCUT2D eigenvalue weighted by Gasteiger charge is -2.33. The zero-order chi connectivity index (χ0) is 20.9. The van der Waals surface area contributed by atoms with Gasteiger partial charge in [-0.3, -0.25) is 9.59 Å². The first-order valence-electron chi connectivity index (χ1n) is 10.3. The molecule has 1 saturated heterocycles. The highest BCUT2D eigenvalue weighted by atomic mass is 16.7. The van der Waals surface area contributed by atoms with Gasteiger partial charge in [0, 0.05) is 11.3 Å². The molecule has 2 aliphatic rings. The number of amides is 2. The van der Waals surface area contributed by atoms with E-state index >= 15 is 0 Å². The number of benzene rings is 2. The van der Waals surface area contributed by atoms with Crippen LogP contribution in [0.1, 0.15) is 11.6 Å². The van der Waals surface area contributed by atoms with Crippen molar-refractivity contribution in [3.63, 3.8) is 0 Å². The van der Waals surface area contributed by atoms with E-state index in [1.165, 1.54) is 9.80 Å². The molecular weight excluding hydrogens is 384 g/mol. The predicted octanol–water partition coefficient (Wildman–Crippen LogP) is -1.38. The number of para-hydroxylation sites is 1. The minimum Gasteiger partial charge on any atom is -0.454 e. The second kappa shape index (κ2) is 9.15. The van der Waals surface area contributed by atoms with Crippen LogP contribution in [0.25, 0.3) is 0 Å². The number of ether oxygens (including phenoxy) is 2. The van der Waals surface area contributed by atoms with Gasteiger partial charge in [-0.2, -0.15) is 0 Å². The maximum Gasteiger partial charge on any atom is 0.313 e. The van der Waals surface area contributed by atoms with Crippen LogP contribution in [-0.2, 0) is 9.59 Å². The number of carbonyl (C=O) groups is 2. The molecule has 2 amide bonds. The zero-order valence-corrected chi connectivity index (χ0v) is 17.1. The Hall–Kier alpha value is -3.10. The van der Waals surface area contributed by atoms with Crippen molar-refractivity contribution in [1.29, 1.82) is 0 Å². The number of piperazine rings is 1. The molecule has 0 unspecified atom stereocenters. The summed E-state index contributed by atoms with van der Waals surface area (Å²) >= 11 is 0. The van der Waals surface area contributed by atoms with Crippen molar-refractivity contribution < 1.29 is 28.9 Å². The third kappa shape index (κ3) is 4.72. The second-order valence-corrected chi connectivity index (χ2v) is 7.81. The molecule has 4 rings (SSSR count). The minimum absolute atomic E-state index is 0.0288. The van der Waals surface area contributed by atoms with E-state index in [0.717, 1.165) is 43.2 Å². The molecule has 0 spiro atoms. The van der Waals surface area contributed by atoms with Gasteiger partial charge in [-0.1, -0.05) is 18.2 Å². The van der Waals surface area contributed by atoms with Gasteiger partial charge in [0.15, 0.2) is 11.5 Å². The van der Waals surface area contributed by atoms with Gasteiger partial charge >= 0.3 is 11.8 Å². The molecular formula is C22H28N4O4+2. The molecule has 0 aromatic heterocycles. The van der Waals surface area contributed by atoms with Crippen LogP contribution in [0.4, 0.5) is 5.69 Å². The van der Waals surface area contributed by atoms with E-state index in [-0.39, 0.29) is 12.8 Å². The Balaban J connectivity index is 1.44. The van der Waals surface area contributed by atoms with E-state index in [2.05, 4.69) is 17.7 Å². The van der Waals surface area contributed by atoms with E-state index < -0.39 is 11.8 Å². The molecule has 2 heterocycles. The lowest BCUT2D eigenvalue weighted by molar-refractivity contribution is -1.02. The largest absolute Gasteiger partial charge is 0.454 e. The molecule has 158 valence electrons. The van der Waals surface area contributed by atoms with Crippen LogP contribution in [0.15, 0.2) is 48.5 Å². The smallest absolute Gasteiger partial charge is 0.313 e. The SMILES string of the molecule is C[NH+]1CC[NH+]([C@@H](CNC(=O)C(=O)Nc2ccccc2)c2ccc3c(c2)OCO3)CC1. The topological polar surface area (TPSA) is 85.5 Å². The van der Waals surface area contributed by atoms with E-state index in [0.29, 0.717) is 12.2 Å². The van der Waals surface area contributed by atoms with Crippen molar-refractivity contribution in [3.05, 3.63) is 54.1 Å². The van der Waals surface area contributed by atoms with Crippen LogP contribution >= 0.6 is 0 Å². The van der Waals surface area contributed by atoms with Crippen LogP contribution in [0.3, 0.4) is 0 Å². The second-order valence-electron chi connectivity index (χ2n) is 7.81. The molecule has 1 atom stereocenters. The Labute approximate surface area is 175 Å². The van der Waals surface area contributed by atoms with E-state index in [9.17, 15) is 9.59 Å². The van der Waals surface area contributed by atoms with Gasteiger partial charge < -0.3 is 29.9 Å². The Morgan fingerprint density at radius 1 is 0.967 bits per heavy atom. The fourth-order valence-corrected chi connectivity index (χ4v) is 3.96. The van der Waals surface area contributed by atoms with Crippen molar-refractivity contribution in [1.82, 2.24) is 5.32 Å². The maximum absolute atomic E-state index is 12.4. The van der Waals surface area contributed by atoms with Gasteiger partial charge in [0.05, 0.1) is 13.6 Å². The number of hydrogen-bond donors (Lipinski definition) is 4. The van der Waals surface area contributed by atoms with Gasteiger partial charge in [0.2, 0.25) is 6.79 Å². The summed E-state index contributed by atoms with van der Waals surface area (Å²) in [5, 5.41) is 5.45. The molecule has 0 radical (unpaired) electrons. The summed E-state index contributed by atoms with van der Waals surface area (Å²) in [6.07, 6.45) is 0. The van der Waals surface area contributed by atoms with Crippen LogP contribution in [0, 0.1) is 0 Å². The molecule has 8 heteroatoms. The number of quaternary nitrogens is 2. The fourth-order valence-electron chi connectivity index (χ4n) is 3.96. The predicted molar refractivity (Wildman–Crippen MR) is 111 cm³/mol. The Bertz CT molecular complexity index is 897. The van der Waals surface area contributed by atoms with Crippen molar-refractivity contribution in [2.24, 2.45) is 0 Å². The van der Waals surface area contributed by atoms with Gasteiger partial charge in [0.1, 0.15) is 32.2 Å². The molecule has 8 nitrogen and oxygen atoms in total. The third-order valence-electron chi connectivity index (χ3n) is 5.74. The average Bonchev–Trinajstić information content (AvgIpc) is 3.23. The highest BCUT2D eigenvalue weighted by Crippen LogP contribution is 2.33. The Morgan fingerprint density at radius 3 is 2.47 bits per heavy atom. The van der Waals surface area contributed by atoms with Crippen molar-refractivity contribution >= 4 is 17.5 Å². The van der Waals surface area contributed by atoms with Crippen LogP contribution in [0.5, 0.6) is 11.5 Å². The molecule has 2 aromatic carbocycles. The quantitative estimate of drug-likeness (QED) is 0.457. The van der Waals surface area contributed by atoms with Gasteiger partial charge in [-0.05, 0) is 30.3 Å². The third-order valence-corrected chi connectivity index (χ3v) is 5.74. The molecule has 0 bridgehead atoms. The molecule has 4 N–H and O–H groups in total. The number of hydrogen-bond acceptors (Lipinski definition) is 4. The van der Waals surface area contributed by atoms with E-state index in [1.54, 1.807) is 12.1 Å². The van der Waals surface area contributed by atoms with Crippen molar-refractivity contribution in [2.45, 2.75) is 6.04 Å². The standard InChI is InChI=1S/C22H26N4O4/c1-25-9-11-26(12-10-25)18(16-7-8-19-20(13-16)30-15-29-19)14-23-21(27)22(28)24-17-5-3-2-4-6-17/h2-8,13,18H,9-12,14-15H2,1H3,(H,23,27)(H,24,28)/p+2/t18-/m0/s1. The average molecular weight is 412 g/mol. The summed E-state index contributed by atoms with van der Waals surface area (Å²) in [5.74, 6) is 0.165. The molecule has 2 aliphatic heterocycles. The number of carbonyl (C=O) groups excluding carboxylic acids is 2. The Kier molecular flexibility index (Phi) is 6.15. The molecule has 30 heavy (non-hydrogen) atoms. The summed E-state index contributed by atoms with van der Waals surface area (Å²) < 4.78 is 11.0. The number of anilines is 1. The highest BCUT2D eigenvalue weighted by molar-refractivity contribution is 6.39. The number of rotatable bonds is 5. The van der Waals surface area contributed by atoms with Crippen LogP contribution in [-0.4, -0.2) is 58.4 Å². The first-order valence-corrected chi connectivity index (χ1v) is 10.3. The van der Waals surface area contributed by atoms with Gasteiger partial charge in [-0.25, -0.2) is 0 Å². The molecule has 1 fully saturated rings. The summed E-state index contributed by atoms with van der Waals surface area (Å²) in [7, 11) is 2.20. The molecule has 0 aliphatic carbocycles. The molecule has 0 saturated carbocycles. The first kappa shape index (κ1) is 20.2. The first-order chi connectivity index (χ1) is 14.6. The normalized spacial score (nSPS) is 21.0. The monoisotopic (exact) mass is 412 g/mol. The lowest BCUT2D eigenvalue weighted by atomic mass is 10.0. The van der Waals surface area contributed by atoms with Crippen molar-refractivity contribution in [3.8, 4) is 11.5 Å². The van der Waals surface area contributed by atoms with E-state index in [4.69, 9.17) is 9.47 Å². The zero-order valence-electron chi connectivity index (χ0n) is 17.1. The highest BCUT2D eigenvalue weighted by Gasteiger charge is 2.31. The summed E-state index contributed by atoms with van der Waals surface area (Å²) in [5.41, 5.74) is 1.66. The summed E-state index contributed by atoms with van der Waals surface area (Å²) in [4.78, 5) is 27.6. The number of likely N-dealkylation sites (N-methyl/N-ethyl adjacent to an activating group) is 1. The van der Waals surface area contributed by atoms with Gasteiger partial charge in [-0.15, -0.1) is 0 Å².